The summed E-state index contributed by atoms with van der Waals surface area (Å²) in [5.74, 6) is -1.04. The van der Waals surface area contributed by atoms with Crippen molar-refractivity contribution in [3.05, 3.63) is 29.8 Å². The van der Waals surface area contributed by atoms with E-state index in [0.717, 1.165) is 25.3 Å². The van der Waals surface area contributed by atoms with E-state index in [1.807, 2.05) is 6.92 Å². The molecule has 100 valence electrons. The summed E-state index contributed by atoms with van der Waals surface area (Å²) in [6.07, 6.45) is 6.57. The summed E-state index contributed by atoms with van der Waals surface area (Å²) in [6.45, 7) is 4.03. The molecule has 0 fully saturated rings. The molecule has 18 heavy (non-hydrogen) atoms. The predicted octanol–water partition coefficient (Wildman–Crippen LogP) is 3.74. The van der Waals surface area contributed by atoms with Crippen LogP contribution in [0.1, 0.15) is 56.3 Å². The standard InChI is InChI=1S/C14H20FNO2/c1-3-4-5-6-7-11(2)18-14(17)12-8-9-13(15)16-10-12/h8-11H,3-7H2,1-2H3. The van der Waals surface area contributed by atoms with Crippen LogP contribution >= 0.6 is 0 Å². The van der Waals surface area contributed by atoms with E-state index < -0.39 is 11.9 Å². The Hall–Kier alpha value is -1.45. The Morgan fingerprint density at radius 2 is 2.17 bits per heavy atom. The van der Waals surface area contributed by atoms with E-state index in [1.54, 1.807) is 0 Å². The van der Waals surface area contributed by atoms with Crippen LogP contribution in [0.15, 0.2) is 18.3 Å². The minimum Gasteiger partial charge on any atom is -0.459 e. The minimum absolute atomic E-state index is 0.112. The first kappa shape index (κ1) is 14.6. The van der Waals surface area contributed by atoms with Gasteiger partial charge in [0.15, 0.2) is 0 Å². The van der Waals surface area contributed by atoms with E-state index in [1.165, 1.54) is 25.1 Å². The molecule has 0 aliphatic carbocycles. The fourth-order valence-electron chi connectivity index (χ4n) is 1.66. The van der Waals surface area contributed by atoms with Gasteiger partial charge < -0.3 is 4.74 Å². The largest absolute Gasteiger partial charge is 0.459 e. The lowest BCUT2D eigenvalue weighted by molar-refractivity contribution is 0.0319. The molecule has 0 aliphatic heterocycles. The summed E-state index contributed by atoms with van der Waals surface area (Å²) in [5.41, 5.74) is 0.289. The zero-order valence-electron chi connectivity index (χ0n) is 11.0. The molecule has 4 heteroatoms. The van der Waals surface area contributed by atoms with E-state index in [9.17, 15) is 9.18 Å². The lowest BCUT2D eigenvalue weighted by Crippen LogP contribution is -2.15. The summed E-state index contributed by atoms with van der Waals surface area (Å²) < 4.78 is 17.8. The molecule has 0 spiro atoms. The van der Waals surface area contributed by atoms with Gasteiger partial charge in [0.25, 0.3) is 0 Å². The third-order valence-electron chi connectivity index (χ3n) is 2.74. The van der Waals surface area contributed by atoms with E-state index in [0.29, 0.717) is 0 Å². The molecule has 0 aromatic carbocycles. The molecule has 0 amide bonds. The fraction of sp³-hybridized carbons (Fsp3) is 0.571. The number of rotatable bonds is 7. The van der Waals surface area contributed by atoms with Crippen molar-refractivity contribution in [2.75, 3.05) is 0 Å². The van der Waals surface area contributed by atoms with Gasteiger partial charge in [0.05, 0.1) is 11.7 Å². The molecule has 1 unspecified atom stereocenters. The first-order valence-corrected chi connectivity index (χ1v) is 6.46. The molecular weight excluding hydrogens is 233 g/mol. The first-order chi connectivity index (χ1) is 8.63. The molecule has 0 aliphatic rings. The van der Waals surface area contributed by atoms with Crippen LogP contribution in [0.25, 0.3) is 0 Å². The second-order valence-electron chi connectivity index (χ2n) is 4.43. The van der Waals surface area contributed by atoms with Gasteiger partial charge in [-0.1, -0.05) is 26.2 Å². The van der Waals surface area contributed by atoms with Crippen LogP contribution in [0, 0.1) is 5.95 Å². The van der Waals surface area contributed by atoms with Crippen LogP contribution in [0.4, 0.5) is 4.39 Å². The Labute approximate surface area is 107 Å². The fourth-order valence-corrected chi connectivity index (χ4v) is 1.66. The molecule has 0 N–H and O–H groups in total. The molecule has 0 saturated carbocycles. The van der Waals surface area contributed by atoms with Gasteiger partial charge in [-0.3, -0.25) is 0 Å². The van der Waals surface area contributed by atoms with E-state index >= 15 is 0 Å². The van der Waals surface area contributed by atoms with Gasteiger partial charge in [-0.05, 0) is 31.9 Å². The van der Waals surface area contributed by atoms with Crippen molar-refractivity contribution < 1.29 is 13.9 Å². The van der Waals surface area contributed by atoms with Crippen molar-refractivity contribution in [2.24, 2.45) is 0 Å². The summed E-state index contributed by atoms with van der Waals surface area (Å²) in [4.78, 5) is 15.1. The molecule has 1 atom stereocenters. The molecular formula is C14H20FNO2. The molecule has 1 aromatic heterocycles. The monoisotopic (exact) mass is 253 g/mol. The molecule has 0 saturated heterocycles. The van der Waals surface area contributed by atoms with Crippen LogP contribution < -0.4 is 0 Å². The normalized spacial score (nSPS) is 12.2. The van der Waals surface area contributed by atoms with Crippen LogP contribution in [0.5, 0.6) is 0 Å². The highest BCUT2D eigenvalue weighted by molar-refractivity contribution is 5.89. The summed E-state index contributed by atoms with van der Waals surface area (Å²) in [7, 11) is 0. The van der Waals surface area contributed by atoms with E-state index in [2.05, 4.69) is 11.9 Å². The Kier molecular flexibility index (Phi) is 6.33. The number of esters is 1. The van der Waals surface area contributed by atoms with Crippen molar-refractivity contribution in [2.45, 2.75) is 52.1 Å². The van der Waals surface area contributed by atoms with Crippen molar-refractivity contribution >= 4 is 5.97 Å². The van der Waals surface area contributed by atoms with Crippen molar-refractivity contribution in [3.63, 3.8) is 0 Å². The predicted molar refractivity (Wildman–Crippen MR) is 67.8 cm³/mol. The van der Waals surface area contributed by atoms with Crippen molar-refractivity contribution in [1.82, 2.24) is 4.98 Å². The number of nitrogens with zero attached hydrogens (tertiary/aromatic N) is 1. The van der Waals surface area contributed by atoms with Gasteiger partial charge >= 0.3 is 5.97 Å². The third-order valence-corrected chi connectivity index (χ3v) is 2.74. The highest BCUT2D eigenvalue weighted by Gasteiger charge is 2.12. The van der Waals surface area contributed by atoms with E-state index in [-0.39, 0.29) is 11.7 Å². The molecule has 1 heterocycles. The lowest BCUT2D eigenvalue weighted by Gasteiger charge is -2.12. The number of hydrogen-bond donors (Lipinski definition) is 0. The average molecular weight is 253 g/mol. The quantitative estimate of drug-likeness (QED) is 0.422. The highest BCUT2D eigenvalue weighted by Crippen LogP contribution is 2.10. The smallest absolute Gasteiger partial charge is 0.339 e. The Morgan fingerprint density at radius 1 is 1.39 bits per heavy atom. The van der Waals surface area contributed by atoms with Gasteiger partial charge in [0.2, 0.25) is 5.95 Å². The highest BCUT2D eigenvalue weighted by atomic mass is 19.1. The molecule has 1 rings (SSSR count). The summed E-state index contributed by atoms with van der Waals surface area (Å²) in [5, 5.41) is 0. The molecule has 3 nitrogen and oxygen atoms in total. The number of aromatic nitrogens is 1. The number of carbonyl (C=O) groups is 1. The van der Waals surface area contributed by atoms with Crippen LogP contribution in [-0.2, 0) is 4.74 Å². The second-order valence-corrected chi connectivity index (χ2v) is 4.43. The maximum atomic E-state index is 12.6. The number of carbonyl (C=O) groups excluding carboxylic acids is 1. The van der Waals surface area contributed by atoms with Crippen LogP contribution in [0.2, 0.25) is 0 Å². The molecule has 0 radical (unpaired) electrons. The van der Waals surface area contributed by atoms with Gasteiger partial charge in [0.1, 0.15) is 0 Å². The van der Waals surface area contributed by atoms with Gasteiger partial charge in [-0.15, -0.1) is 0 Å². The Balaban J connectivity index is 2.33. The SMILES string of the molecule is CCCCCCC(C)OC(=O)c1ccc(F)nc1. The van der Waals surface area contributed by atoms with E-state index in [4.69, 9.17) is 4.74 Å². The topological polar surface area (TPSA) is 39.2 Å². The Morgan fingerprint density at radius 3 is 2.78 bits per heavy atom. The maximum Gasteiger partial charge on any atom is 0.339 e. The second kappa shape index (κ2) is 7.80. The molecule has 1 aromatic rings. The number of ether oxygens (including phenoxy) is 1. The minimum atomic E-state index is -0.598. The maximum absolute atomic E-state index is 12.6. The summed E-state index contributed by atoms with van der Waals surface area (Å²) >= 11 is 0. The first-order valence-electron chi connectivity index (χ1n) is 6.46. The van der Waals surface area contributed by atoms with Gasteiger partial charge in [0, 0.05) is 6.20 Å². The number of unbranched alkanes of at least 4 members (excludes halogenated alkanes) is 3. The van der Waals surface area contributed by atoms with Crippen molar-refractivity contribution in [1.29, 1.82) is 0 Å². The Bertz CT molecular complexity index is 365. The van der Waals surface area contributed by atoms with Gasteiger partial charge in [-0.2, -0.15) is 4.39 Å². The summed E-state index contributed by atoms with van der Waals surface area (Å²) in [6, 6.07) is 2.54. The number of pyridine rings is 1. The van der Waals surface area contributed by atoms with Crippen molar-refractivity contribution in [3.8, 4) is 0 Å². The molecule has 0 bridgehead atoms. The zero-order chi connectivity index (χ0) is 13.4. The number of halogens is 1. The zero-order valence-corrected chi connectivity index (χ0v) is 11.0. The third kappa shape index (κ3) is 5.25. The lowest BCUT2D eigenvalue weighted by atomic mass is 10.1. The van der Waals surface area contributed by atoms with Gasteiger partial charge in [-0.25, -0.2) is 9.78 Å². The average Bonchev–Trinajstić information content (AvgIpc) is 2.35. The number of hydrogen-bond acceptors (Lipinski definition) is 3. The van der Waals surface area contributed by atoms with Crippen LogP contribution in [-0.4, -0.2) is 17.1 Å². The van der Waals surface area contributed by atoms with Crippen LogP contribution in [0.3, 0.4) is 0 Å².